The molecule has 1 aliphatic rings. The molecule has 1 saturated heterocycles. The summed E-state index contributed by atoms with van der Waals surface area (Å²) in [4.78, 5) is 12.9. The van der Waals surface area contributed by atoms with E-state index in [4.69, 9.17) is 10.5 Å². The first kappa shape index (κ1) is 15.7. The number of nitrogens with two attached hydrogens (primary N) is 1. The third-order valence-electron chi connectivity index (χ3n) is 4.73. The molecule has 0 bridgehead atoms. The maximum Gasteiger partial charge on any atom is 0.310 e. The van der Waals surface area contributed by atoms with Crippen molar-refractivity contribution in [2.75, 3.05) is 20.7 Å². The van der Waals surface area contributed by atoms with E-state index in [2.05, 4.69) is 25.8 Å². The van der Waals surface area contributed by atoms with Gasteiger partial charge < -0.3 is 15.4 Å². The number of likely N-dealkylation sites (tertiary alicyclic amines) is 1. The number of nitro groups is 1. The minimum absolute atomic E-state index is 0.0169. The zero-order valence-corrected chi connectivity index (χ0v) is 13.0. The summed E-state index contributed by atoms with van der Waals surface area (Å²) >= 11 is 0. The molecule has 2 rings (SSSR count). The number of hydrogen-bond donors (Lipinski definition) is 1. The Bertz CT molecular complexity index is 545. The second-order valence-corrected chi connectivity index (χ2v) is 6.19. The van der Waals surface area contributed by atoms with Gasteiger partial charge in [-0.15, -0.1) is 0 Å². The minimum atomic E-state index is -0.430. The Balaban J connectivity index is 2.47. The van der Waals surface area contributed by atoms with Crippen LogP contribution in [0.5, 0.6) is 5.75 Å². The SMILES string of the molecule is COc1cc(C2C(N)CCN(C)C2(C)C)ccc1[N+](=O)[O-]. The second kappa shape index (κ2) is 5.61. The highest BCUT2D eigenvalue weighted by atomic mass is 16.6. The molecule has 1 aromatic carbocycles. The molecule has 6 nitrogen and oxygen atoms in total. The smallest absolute Gasteiger partial charge is 0.310 e. The van der Waals surface area contributed by atoms with E-state index in [1.165, 1.54) is 13.2 Å². The Hall–Kier alpha value is -1.66. The van der Waals surface area contributed by atoms with Crippen LogP contribution in [0.15, 0.2) is 18.2 Å². The van der Waals surface area contributed by atoms with E-state index in [-0.39, 0.29) is 28.9 Å². The number of methoxy groups -OCH3 is 1. The Morgan fingerprint density at radius 1 is 1.48 bits per heavy atom. The summed E-state index contributed by atoms with van der Waals surface area (Å²) in [5.74, 6) is 0.389. The Kier molecular flexibility index (Phi) is 4.20. The van der Waals surface area contributed by atoms with E-state index in [1.807, 2.05) is 0 Å². The predicted molar refractivity (Wildman–Crippen MR) is 81.7 cm³/mol. The molecule has 6 heteroatoms. The van der Waals surface area contributed by atoms with Gasteiger partial charge in [0.1, 0.15) is 0 Å². The number of hydrogen-bond acceptors (Lipinski definition) is 5. The maximum absolute atomic E-state index is 11.0. The van der Waals surface area contributed by atoms with Gasteiger partial charge >= 0.3 is 5.69 Å². The Labute approximate surface area is 125 Å². The van der Waals surface area contributed by atoms with Crippen LogP contribution in [-0.4, -0.2) is 42.1 Å². The molecule has 0 spiro atoms. The van der Waals surface area contributed by atoms with Crippen molar-refractivity contribution in [1.29, 1.82) is 0 Å². The fourth-order valence-electron chi connectivity index (χ4n) is 3.25. The third-order valence-corrected chi connectivity index (χ3v) is 4.73. The highest BCUT2D eigenvalue weighted by molar-refractivity contribution is 5.50. The van der Waals surface area contributed by atoms with Gasteiger partial charge in [-0.3, -0.25) is 10.1 Å². The van der Waals surface area contributed by atoms with Crippen LogP contribution in [0.1, 0.15) is 31.7 Å². The number of nitrogens with zero attached hydrogens (tertiary/aromatic N) is 2. The lowest BCUT2D eigenvalue weighted by Crippen LogP contribution is -2.57. The van der Waals surface area contributed by atoms with Gasteiger partial charge in [-0.2, -0.15) is 0 Å². The molecule has 1 fully saturated rings. The van der Waals surface area contributed by atoms with Gasteiger partial charge in [-0.05, 0) is 45.5 Å². The molecule has 1 heterocycles. The zero-order chi connectivity index (χ0) is 15.8. The van der Waals surface area contributed by atoms with Crippen molar-refractivity contribution >= 4 is 5.69 Å². The van der Waals surface area contributed by atoms with Gasteiger partial charge in [-0.1, -0.05) is 6.07 Å². The summed E-state index contributed by atoms with van der Waals surface area (Å²) in [7, 11) is 3.53. The molecular weight excluding hydrogens is 270 g/mol. The molecule has 1 aromatic rings. The van der Waals surface area contributed by atoms with Crippen LogP contribution >= 0.6 is 0 Å². The number of piperidine rings is 1. The first-order valence-electron chi connectivity index (χ1n) is 7.08. The first-order chi connectivity index (χ1) is 9.78. The predicted octanol–water partition coefficient (Wildman–Crippen LogP) is 2.13. The van der Waals surface area contributed by atoms with Gasteiger partial charge in [0, 0.05) is 23.6 Å². The summed E-state index contributed by atoms with van der Waals surface area (Å²) < 4.78 is 5.17. The highest BCUT2D eigenvalue weighted by Gasteiger charge is 2.42. The van der Waals surface area contributed by atoms with Gasteiger partial charge in [-0.25, -0.2) is 0 Å². The van der Waals surface area contributed by atoms with Crippen molar-refractivity contribution in [1.82, 2.24) is 4.90 Å². The molecule has 0 amide bonds. The number of nitro benzene ring substituents is 1. The monoisotopic (exact) mass is 293 g/mol. The average Bonchev–Trinajstić information content (AvgIpc) is 2.42. The molecule has 0 aliphatic carbocycles. The van der Waals surface area contributed by atoms with E-state index in [0.717, 1.165) is 18.5 Å². The highest BCUT2D eigenvalue weighted by Crippen LogP contribution is 2.41. The number of likely N-dealkylation sites (N-methyl/N-ethyl adjacent to an activating group) is 1. The van der Waals surface area contributed by atoms with Crippen LogP contribution in [0.4, 0.5) is 5.69 Å². The third kappa shape index (κ3) is 2.73. The van der Waals surface area contributed by atoms with E-state index in [0.29, 0.717) is 0 Å². The van der Waals surface area contributed by atoms with Crippen LogP contribution in [-0.2, 0) is 0 Å². The van der Waals surface area contributed by atoms with Gasteiger partial charge in [0.05, 0.1) is 12.0 Å². The molecule has 0 radical (unpaired) electrons. The topological polar surface area (TPSA) is 81.6 Å². The number of rotatable bonds is 3. The molecule has 2 unspecified atom stereocenters. The van der Waals surface area contributed by atoms with Crippen molar-refractivity contribution in [3.63, 3.8) is 0 Å². The standard InChI is InChI=1S/C15H23N3O3/c1-15(2)14(11(16)7-8-17(15)3)10-5-6-12(18(19)20)13(9-10)21-4/h5-6,9,11,14H,7-8,16H2,1-4H3. The number of ether oxygens (including phenoxy) is 1. The summed E-state index contributed by atoms with van der Waals surface area (Å²) in [5.41, 5.74) is 7.20. The van der Waals surface area contributed by atoms with Crippen molar-refractivity contribution < 1.29 is 9.66 Å². The Morgan fingerprint density at radius 3 is 2.71 bits per heavy atom. The van der Waals surface area contributed by atoms with Crippen LogP contribution in [0, 0.1) is 10.1 Å². The van der Waals surface area contributed by atoms with Gasteiger partial charge in [0.25, 0.3) is 0 Å². The van der Waals surface area contributed by atoms with Crippen LogP contribution in [0.2, 0.25) is 0 Å². The first-order valence-corrected chi connectivity index (χ1v) is 7.08. The maximum atomic E-state index is 11.0. The molecule has 116 valence electrons. The average molecular weight is 293 g/mol. The quantitative estimate of drug-likeness (QED) is 0.682. The minimum Gasteiger partial charge on any atom is -0.490 e. The van der Waals surface area contributed by atoms with Crippen molar-refractivity contribution in [2.45, 2.75) is 37.8 Å². The summed E-state index contributed by atoms with van der Waals surface area (Å²) in [5, 5.41) is 11.0. The molecule has 21 heavy (non-hydrogen) atoms. The van der Waals surface area contributed by atoms with E-state index in [1.54, 1.807) is 12.1 Å². The molecule has 1 aliphatic heterocycles. The molecule has 0 aromatic heterocycles. The summed E-state index contributed by atoms with van der Waals surface area (Å²) in [6, 6.07) is 5.09. The molecule has 2 N–H and O–H groups in total. The lowest BCUT2D eigenvalue weighted by atomic mass is 9.72. The zero-order valence-electron chi connectivity index (χ0n) is 13.0. The van der Waals surface area contributed by atoms with Crippen molar-refractivity contribution in [3.8, 4) is 5.75 Å². The van der Waals surface area contributed by atoms with E-state index >= 15 is 0 Å². The number of benzene rings is 1. The molecular formula is C15H23N3O3. The Morgan fingerprint density at radius 2 is 2.14 bits per heavy atom. The normalized spacial score (nSPS) is 25.6. The summed E-state index contributed by atoms with van der Waals surface area (Å²) in [6.07, 6.45) is 0.907. The largest absolute Gasteiger partial charge is 0.490 e. The lowest BCUT2D eigenvalue weighted by molar-refractivity contribution is -0.385. The van der Waals surface area contributed by atoms with Crippen molar-refractivity contribution in [2.24, 2.45) is 5.73 Å². The molecule has 0 saturated carbocycles. The van der Waals surface area contributed by atoms with Crippen molar-refractivity contribution in [3.05, 3.63) is 33.9 Å². The van der Waals surface area contributed by atoms with Gasteiger partial charge in [0.2, 0.25) is 0 Å². The lowest BCUT2D eigenvalue weighted by Gasteiger charge is -2.49. The molecule has 2 atom stereocenters. The van der Waals surface area contributed by atoms with Gasteiger partial charge in [0.15, 0.2) is 5.75 Å². The van der Waals surface area contributed by atoms with E-state index < -0.39 is 4.92 Å². The summed E-state index contributed by atoms with van der Waals surface area (Å²) in [6.45, 7) is 5.27. The second-order valence-electron chi connectivity index (χ2n) is 6.19. The fourth-order valence-corrected chi connectivity index (χ4v) is 3.25. The van der Waals surface area contributed by atoms with E-state index in [9.17, 15) is 10.1 Å². The van der Waals surface area contributed by atoms with Crippen LogP contribution in [0.25, 0.3) is 0 Å². The van der Waals surface area contributed by atoms with Crippen LogP contribution < -0.4 is 10.5 Å². The fraction of sp³-hybridized carbons (Fsp3) is 0.600. The van der Waals surface area contributed by atoms with Crippen LogP contribution in [0.3, 0.4) is 0 Å².